The van der Waals surface area contributed by atoms with Crippen LogP contribution in [-0.4, -0.2) is 13.5 Å². The zero-order chi connectivity index (χ0) is 17.3. The lowest BCUT2D eigenvalue weighted by Gasteiger charge is -2.13. The molecule has 0 bridgehead atoms. The number of sulfonamides is 1. The van der Waals surface area contributed by atoms with Crippen LogP contribution < -0.4 is 4.72 Å². The monoisotopic (exact) mass is 365 g/mol. The lowest BCUT2D eigenvalue weighted by atomic mass is 10.1. The molecular weight excluding hydrogens is 353 g/mol. The third kappa shape index (κ3) is 3.44. The van der Waals surface area contributed by atoms with E-state index in [1.54, 1.807) is 24.3 Å². The second-order valence-corrected chi connectivity index (χ2v) is 7.42. The minimum absolute atomic E-state index is 0.0390. The number of aromatic hydroxyl groups is 1. The molecule has 4 nitrogen and oxygen atoms in total. The van der Waals surface area contributed by atoms with Gasteiger partial charge in [0.1, 0.15) is 11.6 Å². The van der Waals surface area contributed by atoms with Crippen molar-refractivity contribution in [1.29, 1.82) is 0 Å². The number of rotatable bonds is 4. The molecular formula is C17H13ClFNO3S. The second-order valence-electron chi connectivity index (χ2n) is 5.29. The number of halogens is 2. The van der Waals surface area contributed by atoms with Gasteiger partial charge in [0.05, 0.1) is 16.5 Å². The molecule has 0 radical (unpaired) electrons. The first kappa shape index (κ1) is 16.5. The largest absolute Gasteiger partial charge is 0.506 e. The average Bonchev–Trinajstić information content (AvgIpc) is 2.51. The average molecular weight is 366 g/mol. The van der Waals surface area contributed by atoms with Crippen molar-refractivity contribution in [1.82, 2.24) is 0 Å². The Balaban J connectivity index is 1.98. The summed E-state index contributed by atoms with van der Waals surface area (Å²) in [6.07, 6.45) is 0. The highest BCUT2D eigenvalue weighted by atomic mass is 35.5. The van der Waals surface area contributed by atoms with Gasteiger partial charge in [-0.1, -0.05) is 48.0 Å². The molecule has 24 heavy (non-hydrogen) atoms. The van der Waals surface area contributed by atoms with Crippen LogP contribution in [0.4, 0.5) is 10.1 Å². The van der Waals surface area contributed by atoms with E-state index in [0.29, 0.717) is 16.3 Å². The molecule has 0 atom stereocenters. The summed E-state index contributed by atoms with van der Waals surface area (Å²) in [5, 5.41) is 11.0. The van der Waals surface area contributed by atoms with Crippen molar-refractivity contribution in [2.75, 3.05) is 4.72 Å². The number of phenolic OH excluding ortho intramolecular Hbond substituents is 1. The SMILES string of the molecule is O=S(=O)(Cc1cccc(F)c1)Nc1cc(Cl)c(O)c2ccccc12. The Hall–Kier alpha value is -2.31. The Morgan fingerprint density at radius 3 is 2.46 bits per heavy atom. The number of nitrogens with one attached hydrogen (secondary N) is 1. The quantitative estimate of drug-likeness (QED) is 0.678. The highest BCUT2D eigenvalue weighted by molar-refractivity contribution is 7.91. The maximum Gasteiger partial charge on any atom is 0.236 e. The molecule has 0 aliphatic heterocycles. The normalized spacial score (nSPS) is 11.6. The van der Waals surface area contributed by atoms with E-state index in [9.17, 15) is 17.9 Å². The summed E-state index contributed by atoms with van der Waals surface area (Å²) < 4.78 is 40.4. The van der Waals surface area contributed by atoms with Gasteiger partial charge in [0.15, 0.2) is 0 Å². The van der Waals surface area contributed by atoms with Crippen molar-refractivity contribution in [2.24, 2.45) is 0 Å². The van der Waals surface area contributed by atoms with Gasteiger partial charge in [0, 0.05) is 10.8 Å². The molecule has 3 aromatic rings. The molecule has 3 rings (SSSR count). The number of fused-ring (bicyclic) bond motifs is 1. The molecule has 0 amide bonds. The predicted octanol–water partition coefficient (Wildman–Crippen LogP) is 4.28. The topological polar surface area (TPSA) is 66.4 Å². The first-order valence-electron chi connectivity index (χ1n) is 7.01. The number of hydrogen-bond acceptors (Lipinski definition) is 3. The van der Waals surface area contributed by atoms with Crippen LogP contribution in [0, 0.1) is 5.82 Å². The van der Waals surface area contributed by atoms with Gasteiger partial charge in [0.2, 0.25) is 10.0 Å². The summed E-state index contributed by atoms with van der Waals surface area (Å²) in [7, 11) is -3.78. The first-order chi connectivity index (χ1) is 11.4. The highest BCUT2D eigenvalue weighted by Crippen LogP contribution is 2.37. The fraction of sp³-hybridized carbons (Fsp3) is 0.0588. The fourth-order valence-electron chi connectivity index (χ4n) is 2.46. The zero-order valence-corrected chi connectivity index (χ0v) is 13.9. The molecule has 0 unspecified atom stereocenters. The number of hydrogen-bond donors (Lipinski definition) is 2. The van der Waals surface area contributed by atoms with Crippen LogP contribution in [0.15, 0.2) is 54.6 Å². The van der Waals surface area contributed by atoms with Crippen molar-refractivity contribution in [3.8, 4) is 5.75 Å². The van der Waals surface area contributed by atoms with Crippen molar-refractivity contribution in [3.63, 3.8) is 0 Å². The molecule has 0 aliphatic carbocycles. The Bertz CT molecular complexity index is 1020. The molecule has 0 saturated heterocycles. The minimum Gasteiger partial charge on any atom is -0.506 e. The van der Waals surface area contributed by atoms with Crippen LogP contribution in [-0.2, 0) is 15.8 Å². The van der Waals surface area contributed by atoms with Crippen LogP contribution in [0.5, 0.6) is 5.75 Å². The number of anilines is 1. The van der Waals surface area contributed by atoms with Gasteiger partial charge in [-0.25, -0.2) is 12.8 Å². The summed E-state index contributed by atoms with van der Waals surface area (Å²) >= 11 is 5.97. The molecule has 3 aromatic carbocycles. The maximum atomic E-state index is 13.2. The van der Waals surface area contributed by atoms with Crippen LogP contribution >= 0.6 is 11.6 Å². The van der Waals surface area contributed by atoms with Crippen LogP contribution in [0.2, 0.25) is 5.02 Å². The Morgan fingerprint density at radius 2 is 1.75 bits per heavy atom. The Morgan fingerprint density at radius 1 is 1.04 bits per heavy atom. The van der Waals surface area contributed by atoms with Crippen LogP contribution in [0.1, 0.15) is 5.56 Å². The number of benzene rings is 3. The van der Waals surface area contributed by atoms with Crippen molar-refractivity contribution in [3.05, 3.63) is 71.0 Å². The second kappa shape index (κ2) is 6.30. The maximum absolute atomic E-state index is 13.2. The molecule has 0 saturated carbocycles. The van der Waals surface area contributed by atoms with Gasteiger partial charge in [-0.3, -0.25) is 4.72 Å². The van der Waals surface area contributed by atoms with Crippen molar-refractivity contribution in [2.45, 2.75) is 5.75 Å². The summed E-state index contributed by atoms with van der Waals surface area (Å²) in [5.74, 6) is -0.987. The van der Waals surface area contributed by atoms with E-state index in [1.165, 1.54) is 30.3 Å². The van der Waals surface area contributed by atoms with Gasteiger partial charge in [-0.05, 0) is 23.8 Å². The van der Waals surface area contributed by atoms with Gasteiger partial charge < -0.3 is 5.11 Å². The third-order valence-electron chi connectivity index (χ3n) is 3.48. The molecule has 0 aliphatic rings. The van der Waals surface area contributed by atoms with E-state index >= 15 is 0 Å². The van der Waals surface area contributed by atoms with Crippen LogP contribution in [0.25, 0.3) is 10.8 Å². The molecule has 0 heterocycles. The van der Waals surface area contributed by atoms with E-state index < -0.39 is 15.8 Å². The highest BCUT2D eigenvalue weighted by Gasteiger charge is 2.16. The smallest absolute Gasteiger partial charge is 0.236 e. The third-order valence-corrected chi connectivity index (χ3v) is 5.01. The fourth-order valence-corrected chi connectivity index (χ4v) is 3.87. The zero-order valence-electron chi connectivity index (χ0n) is 12.3. The van der Waals surface area contributed by atoms with Gasteiger partial charge >= 0.3 is 0 Å². The first-order valence-corrected chi connectivity index (χ1v) is 9.04. The lowest BCUT2D eigenvalue weighted by Crippen LogP contribution is -2.15. The van der Waals surface area contributed by atoms with Crippen molar-refractivity contribution < 1.29 is 17.9 Å². The van der Waals surface area contributed by atoms with Crippen LogP contribution in [0.3, 0.4) is 0 Å². The molecule has 0 fully saturated rings. The van der Waals surface area contributed by atoms with E-state index in [-0.39, 0.29) is 22.2 Å². The Labute approximate surface area is 143 Å². The summed E-state index contributed by atoms with van der Waals surface area (Å²) in [6, 6.07) is 13.5. The van der Waals surface area contributed by atoms with Crippen molar-refractivity contribution >= 4 is 38.1 Å². The van der Waals surface area contributed by atoms with Gasteiger partial charge in [0.25, 0.3) is 0 Å². The van der Waals surface area contributed by atoms with E-state index in [2.05, 4.69) is 4.72 Å². The molecule has 0 spiro atoms. The summed E-state index contributed by atoms with van der Waals surface area (Å²) in [5.41, 5.74) is 0.585. The minimum atomic E-state index is -3.78. The molecule has 7 heteroatoms. The van der Waals surface area contributed by atoms with E-state index in [1.807, 2.05) is 0 Å². The van der Waals surface area contributed by atoms with E-state index in [4.69, 9.17) is 11.6 Å². The molecule has 2 N–H and O–H groups in total. The summed E-state index contributed by atoms with van der Waals surface area (Å²) in [6.45, 7) is 0. The Kier molecular flexibility index (Phi) is 4.34. The molecule has 0 aromatic heterocycles. The van der Waals surface area contributed by atoms with Gasteiger partial charge in [-0.2, -0.15) is 0 Å². The van der Waals surface area contributed by atoms with Gasteiger partial charge in [-0.15, -0.1) is 0 Å². The molecule has 124 valence electrons. The lowest BCUT2D eigenvalue weighted by molar-refractivity contribution is 0.482. The number of phenols is 1. The standard InChI is InChI=1S/C17H13ClFNO3S/c18-15-9-16(13-6-1-2-7-14(13)17(15)21)20-24(22,23)10-11-4-3-5-12(19)8-11/h1-9,20-21H,10H2. The van der Waals surface area contributed by atoms with E-state index in [0.717, 1.165) is 0 Å². The summed E-state index contributed by atoms with van der Waals surface area (Å²) in [4.78, 5) is 0. The predicted molar refractivity (Wildman–Crippen MR) is 93.3 cm³/mol.